The molecule has 0 radical (unpaired) electrons. The lowest BCUT2D eigenvalue weighted by Crippen LogP contribution is -2.44. The van der Waals surface area contributed by atoms with Crippen molar-refractivity contribution in [2.75, 3.05) is 13.1 Å². The number of rotatable bonds is 6. The molecule has 1 aliphatic rings. The molecule has 0 bridgehead atoms. The van der Waals surface area contributed by atoms with Gasteiger partial charge in [-0.15, -0.1) is 5.10 Å². The quantitative estimate of drug-likeness (QED) is 0.572. The van der Waals surface area contributed by atoms with E-state index in [0.29, 0.717) is 43.7 Å². The summed E-state index contributed by atoms with van der Waals surface area (Å²) >= 11 is 0. The number of amides is 1. The van der Waals surface area contributed by atoms with E-state index in [1.165, 1.54) is 16.8 Å². The van der Waals surface area contributed by atoms with Gasteiger partial charge < -0.3 is 4.90 Å². The van der Waals surface area contributed by atoms with Crippen molar-refractivity contribution in [3.8, 4) is 0 Å². The molecular formula is C23H24FN5O2. The molecule has 0 spiro atoms. The maximum absolute atomic E-state index is 13.4. The van der Waals surface area contributed by atoms with Gasteiger partial charge in [-0.1, -0.05) is 42.5 Å². The van der Waals surface area contributed by atoms with Crippen LogP contribution in [0.15, 0.2) is 54.6 Å². The number of carbonyl (C=O) groups excluding carboxylic acids is 2. The first-order valence-electron chi connectivity index (χ1n) is 10.4. The number of benzene rings is 2. The number of hydrogen-bond donors (Lipinski definition) is 0. The largest absolute Gasteiger partial charge is 0.341 e. The topological polar surface area (TPSA) is 81.0 Å². The predicted molar refractivity (Wildman–Crippen MR) is 112 cm³/mol. The van der Waals surface area contributed by atoms with Crippen LogP contribution in [0.3, 0.4) is 0 Å². The monoisotopic (exact) mass is 421 g/mol. The van der Waals surface area contributed by atoms with E-state index in [1.54, 1.807) is 24.0 Å². The minimum absolute atomic E-state index is 0.0863. The highest BCUT2D eigenvalue weighted by Gasteiger charge is 2.33. The molecule has 7 nitrogen and oxygen atoms in total. The highest BCUT2D eigenvalue weighted by Crippen LogP contribution is 2.25. The van der Waals surface area contributed by atoms with E-state index in [9.17, 15) is 14.0 Å². The van der Waals surface area contributed by atoms with Gasteiger partial charge in [0.25, 0.3) is 0 Å². The van der Waals surface area contributed by atoms with Crippen LogP contribution in [0.4, 0.5) is 4.39 Å². The van der Waals surface area contributed by atoms with Gasteiger partial charge in [-0.3, -0.25) is 9.59 Å². The second kappa shape index (κ2) is 9.16. The zero-order valence-electron chi connectivity index (χ0n) is 17.3. The predicted octanol–water partition coefficient (Wildman–Crippen LogP) is 3.03. The third-order valence-corrected chi connectivity index (χ3v) is 5.82. The number of piperidine rings is 1. The number of ketones is 1. The van der Waals surface area contributed by atoms with E-state index >= 15 is 0 Å². The van der Waals surface area contributed by atoms with Crippen LogP contribution in [0.25, 0.3) is 0 Å². The van der Waals surface area contributed by atoms with E-state index in [-0.39, 0.29) is 23.4 Å². The number of tetrazole rings is 1. The molecule has 0 aliphatic carbocycles. The summed E-state index contributed by atoms with van der Waals surface area (Å²) in [5.41, 5.74) is 1.54. The fraction of sp³-hybridized carbons (Fsp3) is 0.348. The summed E-state index contributed by atoms with van der Waals surface area (Å²) in [7, 11) is 0. The number of halogens is 1. The van der Waals surface area contributed by atoms with Crippen molar-refractivity contribution in [2.45, 2.75) is 32.2 Å². The molecule has 8 heteroatoms. The summed E-state index contributed by atoms with van der Waals surface area (Å²) in [5, 5.41) is 11.6. The molecule has 1 atom stereocenters. The molecular weight excluding hydrogens is 397 g/mol. The van der Waals surface area contributed by atoms with Crippen LogP contribution in [0.2, 0.25) is 0 Å². The van der Waals surface area contributed by atoms with Gasteiger partial charge in [-0.25, -0.2) is 9.07 Å². The number of aromatic nitrogens is 4. The number of hydrogen-bond acceptors (Lipinski definition) is 5. The van der Waals surface area contributed by atoms with E-state index in [4.69, 9.17) is 0 Å². The Morgan fingerprint density at radius 3 is 2.35 bits per heavy atom. The van der Waals surface area contributed by atoms with Crippen LogP contribution in [-0.4, -0.2) is 49.9 Å². The second-order valence-corrected chi connectivity index (χ2v) is 7.85. The van der Waals surface area contributed by atoms with Crippen LogP contribution in [-0.2, 0) is 11.2 Å². The van der Waals surface area contributed by atoms with Gasteiger partial charge in [0.15, 0.2) is 5.78 Å². The fourth-order valence-corrected chi connectivity index (χ4v) is 4.06. The minimum atomic E-state index is -0.623. The Morgan fingerprint density at radius 1 is 1.06 bits per heavy atom. The Labute approximate surface area is 179 Å². The maximum atomic E-state index is 13.4. The molecule has 160 valence electrons. The molecule has 1 saturated heterocycles. The Morgan fingerprint density at radius 2 is 1.74 bits per heavy atom. The first-order valence-corrected chi connectivity index (χ1v) is 10.4. The molecule has 1 unspecified atom stereocenters. The van der Waals surface area contributed by atoms with E-state index in [0.717, 1.165) is 5.56 Å². The van der Waals surface area contributed by atoms with Gasteiger partial charge in [0.05, 0.1) is 0 Å². The molecule has 3 aromatic rings. The number of aryl methyl sites for hydroxylation is 1. The first kappa shape index (κ1) is 20.8. The summed E-state index contributed by atoms with van der Waals surface area (Å²) in [6.07, 6.45) is 1.60. The number of likely N-dealkylation sites (tertiary alicyclic amines) is 1. The normalized spacial score (nSPS) is 15.6. The van der Waals surface area contributed by atoms with Crippen LogP contribution in [0.1, 0.15) is 40.6 Å². The van der Waals surface area contributed by atoms with E-state index in [1.807, 2.05) is 30.3 Å². The van der Waals surface area contributed by atoms with Crippen LogP contribution < -0.4 is 0 Å². The van der Waals surface area contributed by atoms with Crippen molar-refractivity contribution >= 4 is 11.7 Å². The van der Waals surface area contributed by atoms with Gasteiger partial charge in [0, 0.05) is 31.0 Å². The first-order chi connectivity index (χ1) is 15.0. The Kier molecular flexibility index (Phi) is 6.16. The highest BCUT2D eigenvalue weighted by molar-refractivity contribution is 5.98. The maximum Gasteiger partial charge on any atom is 0.247 e. The summed E-state index contributed by atoms with van der Waals surface area (Å²) in [6.45, 7) is 2.75. The molecule has 0 saturated carbocycles. The molecule has 2 heterocycles. The minimum Gasteiger partial charge on any atom is -0.341 e. The summed E-state index contributed by atoms with van der Waals surface area (Å²) in [6, 6.07) is 14.7. The van der Waals surface area contributed by atoms with Gasteiger partial charge in [0.1, 0.15) is 17.7 Å². The molecule has 1 amide bonds. The Hall–Kier alpha value is -3.42. The van der Waals surface area contributed by atoms with Gasteiger partial charge in [-0.05, 0) is 47.9 Å². The average Bonchev–Trinajstić information content (AvgIpc) is 3.24. The molecule has 1 aliphatic heterocycles. The lowest BCUT2D eigenvalue weighted by molar-refractivity contribution is -0.136. The third kappa shape index (κ3) is 4.68. The smallest absolute Gasteiger partial charge is 0.247 e. The van der Waals surface area contributed by atoms with Crippen LogP contribution in [0, 0.1) is 18.7 Å². The highest BCUT2D eigenvalue weighted by atomic mass is 19.1. The van der Waals surface area contributed by atoms with Crippen molar-refractivity contribution in [1.82, 2.24) is 25.1 Å². The summed E-state index contributed by atoms with van der Waals surface area (Å²) in [5.74, 6) is 0.166. The van der Waals surface area contributed by atoms with E-state index < -0.39 is 6.04 Å². The Bertz CT molecular complexity index is 1040. The summed E-state index contributed by atoms with van der Waals surface area (Å²) < 4.78 is 14.8. The molecule has 1 fully saturated rings. The van der Waals surface area contributed by atoms with Crippen molar-refractivity contribution < 1.29 is 14.0 Å². The molecule has 4 rings (SSSR count). The molecule has 31 heavy (non-hydrogen) atoms. The van der Waals surface area contributed by atoms with Crippen LogP contribution >= 0.6 is 0 Å². The third-order valence-electron chi connectivity index (χ3n) is 5.82. The zero-order valence-corrected chi connectivity index (χ0v) is 17.3. The number of carbonyl (C=O) groups is 2. The van der Waals surface area contributed by atoms with Gasteiger partial charge in [0.2, 0.25) is 5.91 Å². The number of Topliss-reactive ketones (excluding diaryl/α,β-unsaturated/α-hetero) is 1. The molecule has 1 aromatic heterocycles. The van der Waals surface area contributed by atoms with Crippen molar-refractivity contribution in [2.24, 2.45) is 5.92 Å². The SMILES string of the molecule is Cc1nnnn1C(Cc1ccc(F)cc1)C(=O)N1CCC(C(=O)c2ccccc2)CC1. The average molecular weight is 421 g/mol. The molecule has 2 aromatic carbocycles. The van der Waals surface area contributed by atoms with Gasteiger partial charge >= 0.3 is 0 Å². The van der Waals surface area contributed by atoms with Crippen molar-refractivity contribution in [3.05, 3.63) is 77.4 Å². The molecule has 0 N–H and O–H groups in total. The lowest BCUT2D eigenvalue weighted by atomic mass is 9.88. The van der Waals surface area contributed by atoms with Crippen molar-refractivity contribution in [3.63, 3.8) is 0 Å². The summed E-state index contributed by atoms with van der Waals surface area (Å²) in [4.78, 5) is 27.9. The fourth-order valence-electron chi connectivity index (χ4n) is 4.06. The second-order valence-electron chi connectivity index (χ2n) is 7.85. The standard InChI is InChI=1S/C23H24FN5O2/c1-16-25-26-27-29(16)21(15-17-7-9-20(24)10-8-17)23(31)28-13-11-19(12-14-28)22(30)18-5-3-2-4-6-18/h2-10,19,21H,11-15H2,1H3. The van der Waals surface area contributed by atoms with E-state index in [2.05, 4.69) is 15.5 Å². The van der Waals surface area contributed by atoms with Crippen LogP contribution in [0.5, 0.6) is 0 Å². The lowest BCUT2D eigenvalue weighted by Gasteiger charge is -2.33. The zero-order chi connectivity index (χ0) is 21.8. The van der Waals surface area contributed by atoms with Gasteiger partial charge in [-0.2, -0.15) is 0 Å². The van der Waals surface area contributed by atoms with Crippen molar-refractivity contribution in [1.29, 1.82) is 0 Å². The Balaban J connectivity index is 1.47. The number of nitrogens with zero attached hydrogens (tertiary/aromatic N) is 5.